The molecule has 0 spiro atoms. The Hall–Kier alpha value is -4.47. The van der Waals surface area contributed by atoms with Crippen molar-refractivity contribution in [3.05, 3.63) is 65.9 Å². The van der Waals surface area contributed by atoms with Crippen LogP contribution < -0.4 is 5.32 Å². The minimum Gasteiger partial charge on any atom is -0.474 e. The third-order valence-corrected chi connectivity index (χ3v) is 5.79. The van der Waals surface area contributed by atoms with Gasteiger partial charge in [-0.05, 0) is 25.1 Å². The van der Waals surface area contributed by atoms with Crippen molar-refractivity contribution in [3.63, 3.8) is 0 Å². The van der Waals surface area contributed by atoms with E-state index in [-0.39, 0.29) is 29.7 Å². The van der Waals surface area contributed by atoms with Crippen LogP contribution in [0.1, 0.15) is 27.6 Å². The molecule has 0 aliphatic carbocycles. The summed E-state index contributed by atoms with van der Waals surface area (Å²) in [6, 6.07) is 13.1. The van der Waals surface area contributed by atoms with Crippen LogP contribution in [-0.4, -0.2) is 75.0 Å². The van der Waals surface area contributed by atoms with Crippen molar-refractivity contribution >= 4 is 46.1 Å². The first-order valence-corrected chi connectivity index (χ1v) is 10.6. The molecule has 10 heteroatoms. The standard InChI is InChI=1S/C24H22N4O6/c1-14-13-27(22(31)15-6-3-2-4-7-15)10-11-28(14)23(32)20(29)17-12-25-19-16(17)8-5-9-18(19)26-21(30)24(33)34/h2-9,12,14,25H,10-11,13H2,1H3,(H,26,30)(H,33,34)/t14-/m1/s1. The number of ketones is 1. The van der Waals surface area contributed by atoms with Crippen LogP contribution in [0.4, 0.5) is 5.69 Å². The molecule has 1 fully saturated rings. The number of carboxylic acids is 1. The van der Waals surface area contributed by atoms with Crippen molar-refractivity contribution in [2.45, 2.75) is 13.0 Å². The van der Waals surface area contributed by atoms with Crippen molar-refractivity contribution < 1.29 is 29.1 Å². The van der Waals surface area contributed by atoms with Crippen LogP contribution in [0.5, 0.6) is 0 Å². The van der Waals surface area contributed by atoms with E-state index < -0.39 is 23.6 Å². The number of hydrogen-bond donors (Lipinski definition) is 3. The van der Waals surface area contributed by atoms with Crippen LogP contribution in [0.2, 0.25) is 0 Å². The summed E-state index contributed by atoms with van der Waals surface area (Å²) in [4.78, 5) is 67.2. The highest BCUT2D eigenvalue weighted by molar-refractivity contribution is 6.45. The summed E-state index contributed by atoms with van der Waals surface area (Å²) >= 11 is 0. The van der Waals surface area contributed by atoms with Crippen molar-refractivity contribution in [2.75, 3.05) is 25.0 Å². The molecule has 2 heterocycles. The van der Waals surface area contributed by atoms with Gasteiger partial charge in [-0.3, -0.25) is 19.2 Å². The molecule has 1 aromatic heterocycles. The fraction of sp³-hybridized carbons (Fsp3) is 0.208. The van der Waals surface area contributed by atoms with Crippen LogP contribution in [-0.2, 0) is 14.4 Å². The minimum absolute atomic E-state index is 0.112. The number of Topliss-reactive ketones (excluding diaryl/α,β-unsaturated/α-hetero) is 1. The molecule has 1 aliphatic rings. The quantitative estimate of drug-likeness (QED) is 0.399. The Bertz CT molecular complexity index is 1300. The first-order valence-electron chi connectivity index (χ1n) is 10.6. The number of piperazine rings is 1. The van der Waals surface area contributed by atoms with E-state index in [0.29, 0.717) is 29.6 Å². The molecule has 174 valence electrons. The molecule has 10 nitrogen and oxygen atoms in total. The number of aromatic nitrogens is 1. The average molecular weight is 462 g/mol. The average Bonchev–Trinajstić information content (AvgIpc) is 3.28. The number of fused-ring (bicyclic) bond motifs is 1. The first-order chi connectivity index (χ1) is 16.3. The molecule has 0 saturated carbocycles. The van der Waals surface area contributed by atoms with Gasteiger partial charge in [0, 0.05) is 42.8 Å². The number of aliphatic carboxylic acids is 1. The SMILES string of the molecule is C[C@@H]1CN(C(=O)c2ccccc2)CCN1C(=O)C(=O)c1c[nH]c2c(NC(=O)C(=O)O)cccc12. The molecular formula is C24H22N4O6. The molecule has 3 N–H and O–H groups in total. The van der Waals surface area contributed by atoms with E-state index in [4.69, 9.17) is 5.11 Å². The third-order valence-electron chi connectivity index (χ3n) is 5.79. The monoisotopic (exact) mass is 462 g/mol. The van der Waals surface area contributed by atoms with Crippen LogP contribution in [0.15, 0.2) is 54.7 Å². The lowest BCUT2D eigenvalue weighted by Gasteiger charge is -2.39. The highest BCUT2D eigenvalue weighted by Gasteiger charge is 2.34. The molecule has 3 aromatic rings. The van der Waals surface area contributed by atoms with Gasteiger partial charge in [0.1, 0.15) is 0 Å². The normalized spacial score (nSPS) is 15.7. The third kappa shape index (κ3) is 4.25. The lowest BCUT2D eigenvalue weighted by atomic mass is 10.1. The predicted molar refractivity (Wildman–Crippen MR) is 122 cm³/mol. The Kier molecular flexibility index (Phi) is 6.13. The van der Waals surface area contributed by atoms with Gasteiger partial charge in [-0.1, -0.05) is 30.3 Å². The lowest BCUT2D eigenvalue weighted by Crippen LogP contribution is -2.56. The van der Waals surface area contributed by atoms with Crippen LogP contribution in [0.25, 0.3) is 10.9 Å². The van der Waals surface area contributed by atoms with Crippen LogP contribution in [0, 0.1) is 0 Å². The van der Waals surface area contributed by atoms with E-state index in [1.54, 1.807) is 48.2 Å². The molecule has 1 atom stereocenters. The van der Waals surface area contributed by atoms with Gasteiger partial charge in [0.25, 0.3) is 17.6 Å². The Labute approximate surface area is 194 Å². The second kappa shape index (κ2) is 9.18. The molecule has 34 heavy (non-hydrogen) atoms. The molecule has 1 saturated heterocycles. The zero-order valence-electron chi connectivity index (χ0n) is 18.3. The van der Waals surface area contributed by atoms with Gasteiger partial charge in [-0.25, -0.2) is 4.79 Å². The Morgan fingerprint density at radius 2 is 1.74 bits per heavy atom. The maximum atomic E-state index is 13.1. The van der Waals surface area contributed by atoms with Gasteiger partial charge in [0.15, 0.2) is 0 Å². The number of amides is 3. The van der Waals surface area contributed by atoms with Gasteiger partial charge in [0.2, 0.25) is 0 Å². The molecule has 0 unspecified atom stereocenters. The molecule has 0 bridgehead atoms. The lowest BCUT2D eigenvalue weighted by molar-refractivity contribution is -0.147. The smallest absolute Gasteiger partial charge is 0.394 e. The number of rotatable bonds is 4. The molecule has 2 aromatic carbocycles. The zero-order valence-corrected chi connectivity index (χ0v) is 18.3. The fourth-order valence-corrected chi connectivity index (χ4v) is 4.07. The Morgan fingerprint density at radius 1 is 1.00 bits per heavy atom. The van der Waals surface area contributed by atoms with E-state index in [2.05, 4.69) is 10.3 Å². The largest absolute Gasteiger partial charge is 0.474 e. The molecule has 4 rings (SSSR count). The van der Waals surface area contributed by atoms with E-state index in [1.165, 1.54) is 17.2 Å². The van der Waals surface area contributed by atoms with Gasteiger partial charge >= 0.3 is 11.9 Å². The summed E-state index contributed by atoms with van der Waals surface area (Å²) < 4.78 is 0. The summed E-state index contributed by atoms with van der Waals surface area (Å²) in [6.45, 7) is 2.60. The fourth-order valence-electron chi connectivity index (χ4n) is 4.07. The second-order valence-corrected chi connectivity index (χ2v) is 7.98. The summed E-state index contributed by atoms with van der Waals surface area (Å²) in [7, 11) is 0. The molecular weight excluding hydrogens is 440 g/mol. The van der Waals surface area contributed by atoms with Crippen molar-refractivity contribution in [1.82, 2.24) is 14.8 Å². The van der Waals surface area contributed by atoms with E-state index in [9.17, 15) is 24.0 Å². The molecule has 3 amide bonds. The summed E-state index contributed by atoms with van der Waals surface area (Å²) in [5, 5.41) is 11.5. The number of hydrogen-bond acceptors (Lipinski definition) is 5. The highest BCUT2D eigenvalue weighted by atomic mass is 16.4. The maximum absolute atomic E-state index is 13.1. The van der Waals surface area contributed by atoms with Gasteiger partial charge in [-0.15, -0.1) is 0 Å². The summed E-state index contributed by atoms with van der Waals surface area (Å²) in [5.74, 6) is -4.42. The van der Waals surface area contributed by atoms with Crippen LogP contribution >= 0.6 is 0 Å². The van der Waals surface area contributed by atoms with E-state index >= 15 is 0 Å². The predicted octanol–water partition coefficient (Wildman–Crippen LogP) is 1.75. The number of aromatic amines is 1. The number of H-pyrrole nitrogens is 1. The second-order valence-electron chi connectivity index (χ2n) is 7.98. The number of carbonyl (C=O) groups excluding carboxylic acids is 4. The van der Waals surface area contributed by atoms with Gasteiger partial charge < -0.3 is 25.2 Å². The first kappa shape index (κ1) is 22.7. The minimum atomic E-state index is -1.64. The van der Waals surface area contributed by atoms with Gasteiger partial charge in [0.05, 0.1) is 16.8 Å². The zero-order chi connectivity index (χ0) is 24.4. The number of carboxylic acid groups (broad SMARTS) is 1. The van der Waals surface area contributed by atoms with Crippen molar-refractivity contribution in [3.8, 4) is 0 Å². The molecule has 0 radical (unpaired) electrons. The molecule has 1 aliphatic heterocycles. The summed E-state index contributed by atoms with van der Waals surface area (Å²) in [6.07, 6.45) is 1.36. The summed E-state index contributed by atoms with van der Waals surface area (Å²) in [5.41, 5.74) is 1.19. The number of nitrogens with zero attached hydrogens (tertiary/aromatic N) is 2. The van der Waals surface area contributed by atoms with E-state index in [1.807, 2.05) is 6.07 Å². The topological polar surface area (TPSA) is 140 Å². The van der Waals surface area contributed by atoms with E-state index in [0.717, 1.165) is 0 Å². The van der Waals surface area contributed by atoms with Gasteiger partial charge in [-0.2, -0.15) is 0 Å². The number of para-hydroxylation sites is 1. The van der Waals surface area contributed by atoms with Crippen molar-refractivity contribution in [1.29, 1.82) is 0 Å². The van der Waals surface area contributed by atoms with Crippen LogP contribution in [0.3, 0.4) is 0 Å². The maximum Gasteiger partial charge on any atom is 0.394 e. The number of nitrogens with one attached hydrogen (secondary N) is 2. The highest BCUT2D eigenvalue weighted by Crippen LogP contribution is 2.26. The Balaban J connectivity index is 1.50. The van der Waals surface area contributed by atoms with Crippen molar-refractivity contribution in [2.24, 2.45) is 0 Å². The number of benzene rings is 2. The number of carbonyl (C=O) groups is 5. The number of anilines is 1. The Morgan fingerprint density at radius 3 is 2.41 bits per heavy atom.